The standard InChI is InChI=1S/C13H18FNO/c1-9-3-4-10(14)7-13(9)16-12-6-5-11(8-12)15-2/h3-4,7,11-12,15H,5-6,8H2,1-2H3. The molecule has 0 spiro atoms. The molecule has 16 heavy (non-hydrogen) atoms. The summed E-state index contributed by atoms with van der Waals surface area (Å²) in [7, 11) is 1.97. The number of hydrogen-bond acceptors (Lipinski definition) is 2. The number of hydrogen-bond donors (Lipinski definition) is 1. The minimum Gasteiger partial charge on any atom is -0.490 e. The van der Waals surface area contributed by atoms with E-state index < -0.39 is 0 Å². The Balaban J connectivity index is 2.01. The second-order valence-electron chi connectivity index (χ2n) is 4.45. The molecule has 1 fully saturated rings. The highest BCUT2D eigenvalue weighted by Gasteiger charge is 2.25. The quantitative estimate of drug-likeness (QED) is 0.850. The topological polar surface area (TPSA) is 21.3 Å². The van der Waals surface area contributed by atoms with E-state index in [2.05, 4.69) is 5.32 Å². The van der Waals surface area contributed by atoms with E-state index >= 15 is 0 Å². The van der Waals surface area contributed by atoms with Gasteiger partial charge >= 0.3 is 0 Å². The smallest absolute Gasteiger partial charge is 0.126 e. The van der Waals surface area contributed by atoms with Gasteiger partial charge in [-0.2, -0.15) is 0 Å². The molecule has 2 unspecified atom stereocenters. The van der Waals surface area contributed by atoms with E-state index in [1.54, 1.807) is 6.07 Å². The van der Waals surface area contributed by atoms with Gasteiger partial charge in [0, 0.05) is 12.1 Å². The molecule has 1 aromatic carbocycles. The molecule has 0 bridgehead atoms. The molecule has 1 aliphatic rings. The van der Waals surface area contributed by atoms with Gasteiger partial charge in [-0.25, -0.2) is 4.39 Å². The van der Waals surface area contributed by atoms with Crippen molar-refractivity contribution in [2.24, 2.45) is 0 Å². The summed E-state index contributed by atoms with van der Waals surface area (Å²) in [6.07, 6.45) is 3.40. The van der Waals surface area contributed by atoms with Gasteiger partial charge in [-0.15, -0.1) is 0 Å². The fourth-order valence-electron chi connectivity index (χ4n) is 2.19. The van der Waals surface area contributed by atoms with Crippen LogP contribution in [0.1, 0.15) is 24.8 Å². The summed E-state index contributed by atoms with van der Waals surface area (Å²) in [5.41, 5.74) is 0.995. The third kappa shape index (κ3) is 2.53. The predicted octanol–water partition coefficient (Wildman–Crippen LogP) is 2.65. The lowest BCUT2D eigenvalue weighted by Crippen LogP contribution is -2.23. The molecule has 0 amide bonds. The Bertz CT molecular complexity index is 367. The Kier molecular flexibility index (Phi) is 3.44. The molecule has 1 aliphatic carbocycles. The van der Waals surface area contributed by atoms with Crippen molar-refractivity contribution in [3.8, 4) is 5.75 Å². The van der Waals surface area contributed by atoms with Crippen LogP contribution in [0.2, 0.25) is 0 Å². The maximum absolute atomic E-state index is 13.1. The van der Waals surface area contributed by atoms with Crippen molar-refractivity contribution >= 4 is 0 Å². The Labute approximate surface area is 95.8 Å². The average Bonchev–Trinajstić information content (AvgIpc) is 2.71. The molecule has 1 saturated carbocycles. The van der Waals surface area contributed by atoms with Crippen molar-refractivity contribution < 1.29 is 9.13 Å². The Morgan fingerprint density at radius 1 is 1.38 bits per heavy atom. The van der Waals surface area contributed by atoms with E-state index in [9.17, 15) is 4.39 Å². The second-order valence-corrected chi connectivity index (χ2v) is 4.45. The fourth-order valence-corrected chi connectivity index (χ4v) is 2.19. The molecule has 1 aromatic rings. The number of rotatable bonds is 3. The zero-order valence-corrected chi connectivity index (χ0v) is 9.79. The Hall–Kier alpha value is -1.09. The van der Waals surface area contributed by atoms with Crippen LogP contribution < -0.4 is 10.1 Å². The van der Waals surface area contributed by atoms with Gasteiger partial charge in [0.1, 0.15) is 17.7 Å². The normalized spacial score (nSPS) is 24.7. The maximum Gasteiger partial charge on any atom is 0.126 e. The molecular weight excluding hydrogens is 205 g/mol. The Morgan fingerprint density at radius 3 is 2.88 bits per heavy atom. The van der Waals surface area contributed by atoms with Crippen molar-refractivity contribution in [2.75, 3.05) is 7.05 Å². The van der Waals surface area contributed by atoms with Crippen molar-refractivity contribution in [3.05, 3.63) is 29.6 Å². The number of aryl methyl sites for hydroxylation is 1. The molecule has 88 valence electrons. The van der Waals surface area contributed by atoms with Crippen LogP contribution in [-0.4, -0.2) is 19.2 Å². The minimum absolute atomic E-state index is 0.220. The summed E-state index contributed by atoms with van der Waals surface area (Å²) < 4.78 is 18.9. The molecule has 1 N–H and O–H groups in total. The molecule has 0 aromatic heterocycles. The van der Waals surface area contributed by atoms with Gasteiger partial charge in [0.05, 0.1) is 0 Å². The van der Waals surface area contributed by atoms with Crippen LogP contribution in [0, 0.1) is 12.7 Å². The SMILES string of the molecule is CNC1CCC(Oc2cc(F)ccc2C)C1. The van der Waals surface area contributed by atoms with Gasteiger partial charge in [0.25, 0.3) is 0 Å². The molecule has 2 atom stereocenters. The van der Waals surface area contributed by atoms with E-state index in [-0.39, 0.29) is 11.9 Å². The van der Waals surface area contributed by atoms with Gasteiger partial charge in [0.15, 0.2) is 0 Å². The van der Waals surface area contributed by atoms with Crippen LogP contribution in [0.25, 0.3) is 0 Å². The lowest BCUT2D eigenvalue weighted by atomic mass is 10.2. The van der Waals surface area contributed by atoms with Crippen LogP contribution in [0.4, 0.5) is 4.39 Å². The van der Waals surface area contributed by atoms with E-state index in [0.29, 0.717) is 11.8 Å². The average molecular weight is 223 g/mol. The summed E-state index contributed by atoms with van der Waals surface area (Å²) in [6.45, 7) is 1.94. The van der Waals surface area contributed by atoms with Gasteiger partial charge < -0.3 is 10.1 Å². The zero-order valence-electron chi connectivity index (χ0n) is 9.79. The molecule has 0 radical (unpaired) electrons. The van der Waals surface area contributed by atoms with Gasteiger partial charge in [-0.1, -0.05) is 6.07 Å². The van der Waals surface area contributed by atoms with Gasteiger partial charge in [-0.05, 0) is 44.9 Å². The van der Waals surface area contributed by atoms with Gasteiger partial charge in [0.2, 0.25) is 0 Å². The summed E-state index contributed by atoms with van der Waals surface area (Å²) in [5, 5.41) is 3.25. The van der Waals surface area contributed by atoms with Crippen molar-refractivity contribution in [1.29, 1.82) is 0 Å². The highest BCUT2D eigenvalue weighted by atomic mass is 19.1. The predicted molar refractivity (Wildman–Crippen MR) is 62.3 cm³/mol. The van der Waals surface area contributed by atoms with Crippen molar-refractivity contribution in [3.63, 3.8) is 0 Å². The van der Waals surface area contributed by atoms with Crippen molar-refractivity contribution in [2.45, 2.75) is 38.3 Å². The molecule has 0 aliphatic heterocycles. The molecule has 2 nitrogen and oxygen atoms in total. The highest BCUT2D eigenvalue weighted by molar-refractivity contribution is 5.32. The maximum atomic E-state index is 13.1. The van der Waals surface area contributed by atoms with Crippen LogP contribution in [-0.2, 0) is 0 Å². The monoisotopic (exact) mass is 223 g/mol. The summed E-state index contributed by atoms with van der Waals surface area (Å²) in [6, 6.07) is 5.24. The molecule has 3 heteroatoms. The third-order valence-electron chi connectivity index (χ3n) is 3.24. The molecule has 2 rings (SSSR count). The molecule has 0 saturated heterocycles. The summed E-state index contributed by atoms with van der Waals surface area (Å²) >= 11 is 0. The number of nitrogens with one attached hydrogen (secondary N) is 1. The summed E-state index contributed by atoms with van der Waals surface area (Å²) in [5.74, 6) is 0.450. The first kappa shape index (κ1) is 11.4. The van der Waals surface area contributed by atoms with Gasteiger partial charge in [-0.3, -0.25) is 0 Å². The van der Waals surface area contributed by atoms with Crippen LogP contribution in [0.3, 0.4) is 0 Å². The Morgan fingerprint density at radius 2 is 2.19 bits per heavy atom. The van der Waals surface area contributed by atoms with E-state index in [4.69, 9.17) is 4.74 Å². The largest absolute Gasteiger partial charge is 0.490 e. The van der Waals surface area contributed by atoms with Crippen molar-refractivity contribution in [1.82, 2.24) is 5.32 Å². The second kappa shape index (κ2) is 4.83. The first-order chi connectivity index (χ1) is 7.69. The first-order valence-corrected chi connectivity index (χ1v) is 5.79. The fraction of sp³-hybridized carbons (Fsp3) is 0.538. The number of benzene rings is 1. The van der Waals surface area contributed by atoms with Crippen LogP contribution >= 0.6 is 0 Å². The molecular formula is C13H18FNO. The third-order valence-corrected chi connectivity index (χ3v) is 3.24. The van der Waals surface area contributed by atoms with E-state index in [1.807, 2.05) is 14.0 Å². The number of ether oxygens (including phenoxy) is 1. The summed E-state index contributed by atoms with van der Waals surface area (Å²) in [4.78, 5) is 0. The lowest BCUT2D eigenvalue weighted by Gasteiger charge is -2.15. The van der Waals surface area contributed by atoms with E-state index in [0.717, 1.165) is 24.8 Å². The first-order valence-electron chi connectivity index (χ1n) is 5.79. The number of halogens is 1. The zero-order chi connectivity index (χ0) is 11.5. The molecule has 0 heterocycles. The lowest BCUT2D eigenvalue weighted by molar-refractivity contribution is 0.204. The van der Waals surface area contributed by atoms with Crippen LogP contribution in [0.5, 0.6) is 5.75 Å². The minimum atomic E-state index is -0.233. The van der Waals surface area contributed by atoms with Crippen LogP contribution in [0.15, 0.2) is 18.2 Å². The van der Waals surface area contributed by atoms with E-state index in [1.165, 1.54) is 12.1 Å². The highest BCUT2D eigenvalue weighted by Crippen LogP contribution is 2.27.